The van der Waals surface area contributed by atoms with E-state index in [-0.39, 0.29) is 29.8 Å². The molecule has 7 nitrogen and oxygen atoms in total. The van der Waals surface area contributed by atoms with Crippen LogP contribution in [0.1, 0.15) is 17.8 Å². The van der Waals surface area contributed by atoms with Crippen LogP contribution >= 0.6 is 24.0 Å². The van der Waals surface area contributed by atoms with Crippen LogP contribution in [0, 0.1) is 12.7 Å². The first kappa shape index (κ1) is 25.4. The number of hydrogen-bond donors (Lipinski definition) is 2. The predicted octanol–water partition coefficient (Wildman–Crippen LogP) is 5.04. The van der Waals surface area contributed by atoms with Crippen LogP contribution in [-0.2, 0) is 13.1 Å². The maximum atomic E-state index is 13.3. The summed E-state index contributed by atoms with van der Waals surface area (Å²) in [6, 6.07) is 17.8. The van der Waals surface area contributed by atoms with Gasteiger partial charge in [-0.1, -0.05) is 24.3 Å². The minimum atomic E-state index is -0.347. The lowest BCUT2D eigenvalue weighted by molar-refractivity contribution is 0.457. The number of rotatable bonds is 8. The van der Waals surface area contributed by atoms with Crippen molar-refractivity contribution in [2.75, 3.05) is 13.6 Å². The summed E-state index contributed by atoms with van der Waals surface area (Å²) in [6.07, 6.45) is 2.66. The fraction of sp³-hybridized carbons (Fsp3) is 0.240. The van der Waals surface area contributed by atoms with Crippen LogP contribution in [0.3, 0.4) is 0 Å². The summed E-state index contributed by atoms with van der Waals surface area (Å²) in [5.74, 6) is 2.23. The quantitative estimate of drug-likeness (QED) is 0.134. The number of aryl methyl sites for hydroxylation is 2. The monoisotopic (exact) mass is 574 g/mol. The number of aromatic nitrogens is 3. The van der Waals surface area contributed by atoms with Crippen molar-refractivity contribution in [3.8, 4) is 11.6 Å². The van der Waals surface area contributed by atoms with Crippen LogP contribution in [0.25, 0.3) is 11.0 Å². The maximum absolute atomic E-state index is 13.3. The molecular weight excluding hydrogens is 546 g/mol. The Hall–Kier alpha value is -3.21. The lowest BCUT2D eigenvalue weighted by atomic mass is 10.3. The number of pyridine rings is 1. The zero-order valence-electron chi connectivity index (χ0n) is 19.2. The summed E-state index contributed by atoms with van der Waals surface area (Å²) < 4.78 is 21.1. The number of halogens is 2. The molecule has 0 saturated heterocycles. The van der Waals surface area contributed by atoms with Crippen LogP contribution in [0.5, 0.6) is 11.6 Å². The highest BCUT2D eigenvalue weighted by atomic mass is 127. The Kier molecular flexibility index (Phi) is 9.20. The summed E-state index contributed by atoms with van der Waals surface area (Å²) in [6.45, 7) is 4.27. The van der Waals surface area contributed by atoms with Crippen LogP contribution in [0.2, 0.25) is 0 Å². The summed E-state index contributed by atoms with van der Waals surface area (Å²) >= 11 is 0. The Balaban J connectivity index is 0.00000324. The Morgan fingerprint density at radius 1 is 1.09 bits per heavy atom. The van der Waals surface area contributed by atoms with E-state index in [1.165, 1.54) is 12.1 Å². The summed E-state index contributed by atoms with van der Waals surface area (Å²) in [5.41, 5.74) is 3.17. The van der Waals surface area contributed by atoms with E-state index in [0.717, 1.165) is 47.9 Å². The van der Waals surface area contributed by atoms with E-state index in [2.05, 4.69) is 36.2 Å². The number of nitrogens with one attached hydrogen (secondary N) is 2. The fourth-order valence-electron chi connectivity index (χ4n) is 3.56. The first-order chi connectivity index (χ1) is 16.1. The third-order valence-corrected chi connectivity index (χ3v) is 5.20. The molecule has 0 amide bonds. The van der Waals surface area contributed by atoms with Crippen molar-refractivity contribution in [1.82, 2.24) is 25.2 Å². The summed E-state index contributed by atoms with van der Waals surface area (Å²) in [7, 11) is 1.75. The number of aliphatic imine (C=N–C) groups is 1. The Morgan fingerprint density at radius 2 is 1.94 bits per heavy atom. The number of benzene rings is 2. The topological polar surface area (TPSA) is 76.4 Å². The van der Waals surface area contributed by atoms with Gasteiger partial charge in [-0.3, -0.25) is 4.99 Å². The molecule has 0 aliphatic heterocycles. The maximum Gasteiger partial charge on any atom is 0.219 e. The van der Waals surface area contributed by atoms with Gasteiger partial charge < -0.3 is 19.9 Å². The van der Waals surface area contributed by atoms with Crippen LogP contribution in [-0.4, -0.2) is 34.1 Å². The van der Waals surface area contributed by atoms with E-state index >= 15 is 0 Å². The molecule has 0 bridgehead atoms. The van der Waals surface area contributed by atoms with Gasteiger partial charge >= 0.3 is 0 Å². The largest absolute Gasteiger partial charge is 0.439 e. The molecule has 178 valence electrons. The fourth-order valence-corrected chi connectivity index (χ4v) is 3.56. The highest BCUT2D eigenvalue weighted by Crippen LogP contribution is 2.20. The second kappa shape index (κ2) is 12.3. The lowest BCUT2D eigenvalue weighted by Crippen LogP contribution is -2.37. The minimum Gasteiger partial charge on any atom is -0.439 e. The van der Waals surface area contributed by atoms with Gasteiger partial charge in [-0.25, -0.2) is 14.4 Å². The average molecular weight is 574 g/mol. The Morgan fingerprint density at radius 3 is 2.71 bits per heavy atom. The molecule has 0 atom stereocenters. The van der Waals surface area contributed by atoms with Crippen LogP contribution in [0.4, 0.5) is 4.39 Å². The third-order valence-electron chi connectivity index (χ3n) is 5.20. The number of hydrogen-bond acceptors (Lipinski definition) is 4. The predicted molar refractivity (Wildman–Crippen MR) is 143 cm³/mol. The van der Waals surface area contributed by atoms with Crippen molar-refractivity contribution in [2.45, 2.75) is 26.4 Å². The SMILES string of the molecule is CN=C(NCCCn1c(C)nc2ccccc21)NCc1ccc(Oc2cccc(F)c2)nc1.I. The first-order valence-corrected chi connectivity index (χ1v) is 10.9. The van der Waals surface area contributed by atoms with Crippen molar-refractivity contribution in [3.63, 3.8) is 0 Å². The van der Waals surface area contributed by atoms with Gasteiger partial charge in [0, 0.05) is 45.0 Å². The second-order valence-electron chi connectivity index (χ2n) is 7.57. The average Bonchev–Trinajstić information content (AvgIpc) is 3.14. The normalized spacial score (nSPS) is 11.2. The third kappa shape index (κ3) is 6.66. The van der Waals surface area contributed by atoms with Crippen molar-refractivity contribution in [3.05, 3.63) is 84.1 Å². The van der Waals surface area contributed by atoms with Gasteiger partial charge in [0.15, 0.2) is 5.96 Å². The van der Waals surface area contributed by atoms with E-state index in [9.17, 15) is 4.39 Å². The number of para-hydroxylation sites is 2. The van der Waals surface area contributed by atoms with Crippen LogP contribution < -0.4 is 15.4 Å². The molecule has 0 unspecified atom stereocenters. The smallest absolute Gasteiger partial charge is 0.219 e. The molecule has 0 aliphatic rings. The zero-order valence-corrected chi connectivity index (χ0v) is 21.5. The van der Waals surface area contributed by atoms with Gasteiger partial charge in [-0.2, -0.15) is 0 Å². The van der Waals surface area contributed by atoms with E-state index in [1.54, 1.807) is 31.4 Å². The molecule has 2 aromatic carbocycles. The number of guanidine groups is 1. The van der Waals surface area contributed by atoms with Gasteiger partial charge in [0.25, 0.3) is 0 Å². The van der Waals surface area contributed by atoms with Crippen molar-refractivity contribution < 1.29 is 9.13 Å². The van der Waals surface area contributed by atoms with Gasteiger partial charge in [0.05, 0.1) is 11.0 Å². The molecular formula is C25H28FIN6O. The number of ether oxygens (including phenoxy) is 1. The molecule has 2 heterocycles. The first-order valence-electron chi connectivity index (χ1n) is 10.9. The molecule has 0 fully saturated rings. The zero-order chi connectivity index (χ0) is 23.0. The molecule has 0 radical (unpaired) electrons. The number of imidazole rings is 1. The summed E-state index contributed by atoms with van der Waals surface area (Å²) in [4.78, 5) is 13.2. The molecule has 4 rings (SSSR count). The molecule has 34 heavy (non-hydrogen) atoms. The standard InChI is InChI=1S/C25H27FN6O.HI/c1-18-31-22-9-3-4-10-23(22)32(18)14-6-13-28-25(27-2)30-17-19-11-12-24(29-16-19)33-21-8-5-7-20(26)15-21;/h3-5,7-12,15-16H,6,13-14,17H2,1-2H3,(H2,27,28,30);1H. The Bertz CT molecular complexity index is 1240. The van der Waals surface area contributed by atoms with Crippen LogP contribution in [0.15, 0.2) is 71.9 Å². The molecule has 0 saturated carbocycles. The summed E-state index contributed by atoms with van der Waals surface area (Å²) in [5, 5.41) is 6.63. The highest BCUT2D eigenvalue weighted by molar-refractivity contribution is 14.0. The minimum absolute atomic E-state index is 0. The van der Waals surface area contributed by atoms with Gasteiger partial charge in [-0.15, -0.1) is 24.0 Å². The van der Waals surface area contributed by atoms with E-state index < -0.39 is 0 Å². The molecule has 9 heteroatoms. The Labute approximate surface area is 215 Å². The molecule has 0 spiro atoms. The number of nitrogens with zero attached hydrogens (tertiary/aromatic N) is 4. The molecule has 4 aromatic rings. The van der Waals surface area contributed by atoms with E-state index in [4.69, 9.17) is 4.74 Å². The molecule has 2 N–H and O–H groups in total. The highest BCUT2D eigenvalue weighted by Gasteiger charge is 2.06. The number of fused-ring (bicyclic) bond motifs is 1. The van der Waals surface area contributed by atoms with E-state index in [0.29, 0.717) is 18.2 Å². The van der Waals surface area contributed by atoms with Crippen molar-refractivity contribution >= 4 is 41.0 Å². The van der Waals surface area contributed by atoms with Crippen molar-refractivity contribution in [2.24, 2.45) is 4.99 Å². The molecule has 2 aromatic heterocycles. The van der Waals surface area contributed by atoms with Gasteiger partial charge in [0.1, 0.15) is 17.4 Å². The molecule has 0 aliphatic carbocycles. The van der Waals surface area contributed by atoms with E-state index in [1.807, 2.05) is 31.2 Å². The van der Waals surface area contributed by atoms with Gasteiger partial charge in [-0.05, 0) is 43.2 Å². The van der Waals surface area contributed by atoms with Crippen molar-refractivity contribution in [1.29, 1.82) is 0 Å². The lowest BCUT2D eigenvalue weighted by Gasteiger charge is -2.13. The van der Waals surface area contributed by atoms with Gasteiger partial charge in [0.2, 0.25) is 5.88 Å². The second-order valence-corrected chi connectivity index (χ2v) is 7.57.